The number of rotatable bonds is 3. The zero-order chi connectivity index (χ0) is 8.97. The lowest BCUT2D eigenvalue weighted by atomic mass is 10.3. The minimum absolute atomic E-state index is 0.398. The molecule has 0 spiro atoms. The number of hydrogen-bond acceptors (Lipinski definition) is 1. The van der Waals surface area contributed by atoms with Crippen LogP contribution in [0, 0.1) is 0 Å². The molecule has 0 fully saturated rings. The molecule has 0 radical (unpaired) electrons. The molecule has 0 aliphatic heterocycles. The van der Waals surface area contributed by atoms with Crippen LogP contribution >= 0.6 is 11.6 Å². The van der Waals surface area contributed by atoms with Crippen LogP contribution in [-0.2, 0) is 0 Å². The Bertz CT molecular complexity index is 275. The summed E-state index contributed by atoms with van der Waals surface area (Å²) in [5.74, 6) is 0.398. The van der Waals surface area contributed by atoms with Gasteiger partial charge in [0.1, 0.15) is 5.75 Å². The molecule has 0 saturated heterocycles. The van der Waals surface area contributed by atoms with E-state index in [1.54, 1.807) is 18.2 Å². The van der Waals surface area contributed by atoms with Crippen molar-refractivity contribution in [2.45, 2.75) is 6.36 Å². The van der Waals surface area contributed by atoms with Crippen molar-refractivity contribution in [3.63, 3.8) is 0 Å². The molecular formula is C9H8ClFO. The summed E-state index contributed by atoms with van der Waals surface area (Å²) in [6, 6.07) is 6.54. The molecular weight excluding hydrogens is 179 g/mol. The Morgan fingerprint density at radius 1 is 1.58 bits per heavy atom. The van der Waals surface area contributed by atoms with Crippen LogP contribution < -0.4 is 4.74 Å². The zero-order valence-corrected chi connectivity index (χ0v) is 7.09. The highest BCUT2D eigenvalue weighted by atomic mass is 35.5. The molecule has 1 unspecified atom stereocenters. The summed E-state index contributed by atoms with van der Waals surface area (Å²) >= 11 is 5.64. The molecule has 0 bridgehead atoms. The van der Waals surface area contributed by atoms with Gasteiger partial charge in [-0.15, -0.1) is 0 Å². The van der Waals surface area contributed by atoms with Crippen molar-refractivity contribution in [3.8, 4) is 5.75 Å². The molecule has 0 saturated carbocycles. The normalized spacial score (nSPS) is 12.2. The van der Waals surface area contributed by atoms with E-state index in [0.717, 1.165) is 6.08 Å². The molecule has 1 nitrogen and oxygen atoms in total. The molecule has 0 aromatic heterocycles. The highest BCUT2D eigenvalue weighted by Gasteiger charge is 2.01. The van der Waals surface area contributed by atoms with E-state index in [4.69, 9.17) is 16.3 Å². The lowest BCUT2D eigenvalue weighted by molar-refractivity contribution is 0.114. The van der Waals surface area contributed by atoms with Crippen LogP contribution in [0.4, 0.5) is 4.39 Å². The van der Waals surface area contributed by atoms with Gasteiger partial charge in [-0.25, -0.2) is 0 Å². The van der Waals surface area contributed by atoms with E-state index in [1.807, 2.05) is 0 Å². The average molecular weight is 187 g/mol. The molecule has 64 valence electrons. The van der Waals surface area contributed by atoms with Crippen molar-refractivity contribution in [2.75, 3.05) is 0 Å². The Labute approximate surface area is 75.4 Å². The van der Waals surface area contributed by atoms with Gasteiger partial charge in [-0.3, -0.25) is 0 Å². The van der Waals surface area contributed by atoms with Gasteiger partial charge >= 0.3 is 0 Å². The molecule has 1 atom stereocenters. The van der Waals surface area contributed by atoms with Crippen LogP contribution in [0.25, 0.3) is 0 Å². The third kappa shape index (κ3) is 2.55. The number of alkyl halides is 1. The summed E-state index contributed by atoms with van der Waals surface area (Å²) in [6.45, 7) is 3.25. The predicted molar refractivity (Wildman–Crippen MR) is 47.2 cm³/mol. The van der Waals surface area contributed by atoms with Crippen LogP contribution in [-0.4, -0.2) is 6.36 Å². The first kappa shape index (κ1) is 9.07. The van der Waals surface area contributed by atoms with Gasteiger partial charge in [-0.05, 0) is 24.3 Å². The van der Waals surface area contributed by atoms with E-state index in [-0.39, 0.29) is 0 Å². The molecule has 0 amide bonds. The maximum atomic E-state index is 12.6. The number of halogens is 2. The molecule has 0 aliphatic carbocycles. The summed E-state index contributed by atoms with van der Waals surface area (Å²) in [4.78, 5) is 0. The average Bonchev–Trinajstić information content (AvgIpc) is 2.04. The second kappa shape index (κ2) is 4.12. The lowest BCUT2D eigenvalue weighted by Crippen LogP contribution is -2.04. The second-order valence-electron chi connectivity index (χ2n) is 2.16. The molecule has 0 aliphatic rings. The van der Waals surface area contributed by atoms with Crippen LogP contribution in [0.15, 0.2) is 36.9 Å². The smallest absolute Gasteiger partial charge is 0.257 e. The Morgan fingerprint density at radius 3 is 2.92 bits per heavy atom. The van der Waals surface area contributed by atoms with Crippen LogP contribution in [0.1, 0.15) is 0 Å². The van der Waals surface area contributed by atoms with E-state index in [0.29, 0.717) is 10.8 Å². The maximum absolute atomic E-state index is 12.6. The van der Waals surface area contributed by atoms with E-state index in [2.05, 4.69) is 6.58 Å². The van der Waals surface area contributed by atoms with Crippen LogP contribution in [0.3, 0.4) is 0 Å². The van der Waals surface area contributed by atoms with Gasteiger partial charge in [0.2, 0.25) is 0 Å². The fourth-order valence-corrected chi connectivity index (χ4v) is 0.899. The van der Waals surface area contributed by atoms with E-state index in [9.17, 15) is 4.39 Å². The van der Waals surface area contributed by atoms with Crippen molar-refractivity contribution in [1.29, 1.82) is 0 Å². The van der Waals surface area contributed by atoms with Gasteiger partial charge in [0.15, 0.2) is 0 Å². The SMILES string of the molecule is C=CC(F)Oc1cccc(Cl)c1. The minimum atomic E-state index is -1.48. The second-order valence-corrected chi connectivity index (χ2v) is 2.60. The fraction of sp³-hybridized carbons (Fsp3) is 0.111. The maximum Gasteiger partial charge on any atom is 0.257 e. The highest BCUT2D eigenvalue weighted by molar-refractivity contribution is 6.30. The first-order valence-corrected chi connectivity index (χ1v) is 3.79. The minimum Gasteiger partial charge on any atom is -0.457 e. The van der Waals surface area contributed by atoms with E-state index >= 15 is 0 Å². The standard InChI is InChI=1S/C9H8ClFO/c1-2-9(11)12-8-5-3-4-7(10)6-8/h2-6,9H,1H2. The van der Waals surface area contributed by atoms with Gasteiger partial charge < -0.3 is 4.74 Å². The van der Waals surface area contributed by atoms with Gasteiger partial charge in [0, 0.05) is 5.02 Å². The molecule has 1 aromatic carbocycles. The Morgan fingerprint density at radius 2 is 2.33 bits per heavy atom. The van der Waals surface area contributed by atoms with Crippen molar-refractivity contribution in [2.24, 2.45) is 0 Å². The van der Waals surface area contributed by atoms with Crippen molar-refractivity contribution in [3.05, 3.63) is 41.9 Å². The Kier molecular flexibility index (Phi) is 3.11. The van der Waals surface area contributed by atoms with Gasteiger partial charge in [-0.1, -0.05) is 24.2 Å². The molecule has 1 aromatic rings. The van der Waals surface area contributed by atoms with E-state index < -0.39 is 6.36 Å². The first-order valence-electron chi connectivity index (χ1n) is 3.41. The number of hydrogen-bond donors (Lipinski definition) is 0. The quantitative estimate of drug-likeness (QED) is 0.659. The molecule has 1 rings (SSSR count). The Hall–Kier alpha value is -1.02. The largest absolute Gasteiger partial charge is 0.457 e. The summed E-state index contributed by atoms with van der Waals surface area (Å²) in [7, 11) is 0. The Balaban J connectivity index is 2.69. The van der Waals surface area contributed by atoms with Gasteiger partial charge in [0.05, 0.1) is 0 Å². The van der Waals surface area contributed by atoms with Gasteiger partial charge in [0.25, 0.3) is 6.36 Å². The molecule has 0 N–H and O–H groups in total. The monoisotopic (exact) mass is 186 g/mol. The molecule has 0 heterocycles. The summed E-state index contributed by atoms with van der Waals surface area (Å²) in [5, 5.41) is 0.517. The van der Waals surface area contributed by atoms with Crippen molar-refractivity contribution >= 4 is 11.6 Å². The van der Waals surface area contributed by atoms with Crippen molar-refractivity contribution < 1.29 is 9.13 Å². The zero-order valence-electron chi connectivity index (χ0n) is 6.34. The van der Waals surface area contributed by atoms with Gasteiger partial charge in [-0.2, -0.15) is 4.39 Å². The number of benzene rings is 1. The summed E-state index contributed by atoms with van der Waals surface area (Å²) < 4.78 is 17.3. The highest BCUT2D eigenvalue weighted by Crippen LogP contribution is 2.18. The van der Waals surface area contributed by atoms with Crippen molar-refractivity contribution in [1.82, 2.24) is 0 Å². The summed E-state index contributed by atoms with van der Waals surface area (Å²) in [5.41, 5.74) is 0. The van der Waals surface area contributed by atoms with Crippen LogP contribution in [0.5, 0.6) is 5.75 Å². The third-order valence-electron chi connectivity index (χ3n) is 1.23. The summed E-state index contributed by atoms with van der Waals surface area (Å²) in [6.07, 6.45) is -0.413. The lowest BCUT2D eigenvalue weighted by Gasteiger charge is -2.06. The molecule has 3 heteroatoms. The molecule has 12 heavy (non-hydrogen) atoms. The third-order valence-corrected chi connectivity index (χ3v) is 1.47. The van der Waals surface area contributed by atoms with E-state index in [1.165, 1.54) is 6.07 Å². The topological polar surface area (TPSA) is 9.23 Å². The fourth-order valence-electron chi connectivity index (χ4n) is 0.718. The van der Waals surface area contributed by atoms with Crippen LogP contribution in [0.2, 0.25) is 5.02 Å². The first-order chi connectivity index (χ1) is 5.72. The predicted octanol–water partition coefficient (Wildman–Crippen LogP) is 3.20. The number of ether oxygens (including phenoxy) is 1.